The second kappa shape index (κ2) is 8.34. The SMILES string of the molecule is C=Cc1ccc(Br)cn1.CC1OC(=O)C2(N3CC(C(N)=O)C3)CC(F)(F)C(C)CC12. The van der Waals surface area contributed by atoms with Gasteiger partial charge in [-0.25, -0.2) is 8.78 Å². The predicted octanol–water partition coefficient (Wildman–Crippen LogP) is 3.26. The van der Waals surface area contributed by atoms with Crippen LogP contribution in [0.1, 0.15) is 32.4 Å². The fraction of sp³-hybridized carbons (Fsp3) is 0.571. The second-order valence-electron chi connectivity index (χ2n) is 8.33. The second-order valence-corrected chi connectivity index (χ2v) is 9.24. The Morgan fingerprint density at radius 1 is 1.40 bits per heavy atom. The highest BCUT2D eigenvalue weighted by Gasteiger charge is 2.68. The summed E-state index contributed by atoms with van der Waals surface area (Å²) >= 11 is 3.28. The molecule has 3 fully saturated rings. The first-order valence-corrected chi connectivity index (χ1v) is 10.7. The van der Waals surface area contributed by atoms with Crippen molar-refractivity contribution in [2.75, 3.05) is 13.1 Å². The number of aromatic nitrogens is 1. The summed E-state index contributed by atoms with van der Waals surface area (Å²) in [7, 11) is 0. The number of primary amides is 1. The zero-order valence-electron chi connectivity index (χ0n) is 17.0. The minimum Gasteiger partial charge on any atom is -0.461 e. The molecule has 1 aromatic rings. The van der Waals surface area contributed by atoms with E-state index in [0.29, 0.717) is 0 Å². The van der Waals surface area contributed by atoms with E-state index in [1.54, 1.807) is 24.1 Å². The van der Waals surface area contributed by atoms with E-state index in [1.807, 2.05) is 12.1 Å². The lowest BCUT2D eigenvalue weighted by Crippen LogP contribution is -2.70. The van der Waals surface area contributed by atoms with Crippen LogP contribution in [0.2, 0.25) is 0 Å². The molecule has 1 aromatic heterocycles. The monoisotopic (exact) mass is 485 g/mol. The number of pyridine rings is 1. The minimum absolute atomic E-state index is 0.248. The van der Waals surface area contributed by atoms with Crippen LogP contribution < -0.4 is 5.73 Å². The highest BCUT2D eigenvalue weighted by molar-refractivity contribution is 9.10. The number of hydrogen-bond acceptors (Lipinski definition) is 5. The molecule has 2 N–H and O–H groups in total. The molecule has 1 saturated carbocycles. The van der Waals surface area contributed by atoms with E-state index in [9.17, 15) is 18.4 Å². The number of carbonyl (C=O) groups is 2. The van der Waals surface area contributed by atoms with Crippen molar-refractivity contribution in [3.05, 3.63) is 35.1 Å². The number of carbonyl (C=O) groups excluding carboxylic acids is 2. The van der Waals surface area contributed by atoms with Crippen LogP contribution >= 0.6 is 15.9 Å². The number of halogens is 3. The van der Waals surface area contributed by atoms with Crippen LogP contribution in [0, 0.1) is 17.8 Å². The molecule has 2 aliphatic heterocycles. The third kappa shape index (κ3) is 4.01. The summed E-state index contributed by atoms with van der Waals surface area (Å²) in [5.74, 6) is -5.33. The Balaban J connectivity index is 0.000000239. The van der Waals surface area contributed by atoms with Gasteiger partial charge in [-0.15, -0.1) is 0 Å². The van der Waals surface area contributed by atoms with Gasteiger partial charge in [0.1, 0.15) is 11.6 Å². The fourth-order valence-electron chi connectivity index (χ4n) is 4.54. The average Bonchev–Trinajstić information content (AvgIpc) is 2.85. The maximum Gasteiger partial charge on any atom is 0.327 e. The van der Waals surface area contributed by atoms with E-state index in [1.165, 1.54) is 6.92 Å². The molecular weight excluding hydrogens is 460 g/mol. The van der Waals surface area contributed by atoms with Gasteiger partial charge in [0.25, 0.3) is 5.92 Å². The molecule has 0 aromatic carbocycles. The standard InChI is InChI=1S/C14H20F2N2O3.C7H6BrN/c1-7-3-10-8(2)21-12(20)13(10,6-14(7,15)16)18-4-9(5-18)11(17)19;1-2-7-4-3-6(8)5-9-7/h7-10H,3-6H2,1-2H3,(H2,17,19);2-5H,1H2. The number of ether oxygens (including phenoxy) is 1. The number of likely N-dealkylation sites (tertiary alicyclic amines) is 1. The number of nitrogens with two attached hydrogens (primary N) is 1. The maximum absolute atomic E-state index is 14.2. The van der Waals surface area contributed by atoms with E-state index in [0.717, 1.165) is 10.2 Å². The molecule has 0 radical (unpaired) electrons. The molecule has 1 amide bonds. The predicted molar refractivity (Wildman–Crippen MR) is 111 cm³/mol. The zero-order chi connectivity index (χ0) is 22.3. The Morgan fingerprint density at radius 3 is 2.60 bits per heavy atom. The fourth-order valence-corrected chi connectivity index (χ4v) is 4.77. The zero-order valence-corrected chi connectivity index (χ0v) is 18.6. The van der Waals surface area contributed by atoms with Crippen molar-refractivity contribution in [2.45, 2.75) is 44.3 Å². The molecule has 2 saturated heterocycles. The molecule has 9 heteroatoms. The van der Waals surface area contributed by atoms with Crippen LogP contribution in [-0.2, 0) is 14.3 Å². The first kappa shape index (κ1) is 22.8. The summed E-state index contributed by atoms with van der Waals surface area (Å²) in [6.45, 7) is 7.38. The van der Waals surface area contributed by atoms with Gasteiger partial charge in [0, 0.05) is 42.0 Å². The van der Waals surface area contributed by atoms with Crippen molar-refractivity contribution in [3.8, 4) is 0 Å². The topological polar surface area (TPSA) is 85.5 Å². The molecule has 3 heterocycles. The lowest BCUT2D eigenvalue weighted by atomic mass is 9.64. The summed E-state index contributed by atoms with van der Waals surface area (Å²) in [5.41, 5.74) is 4.84. The molecule has 4 atom stereocenters. The molecule has 1 aliphatic carbocycles. The Hall–Kier alpha value is -1.87. The number of fused-ring (bicyclic) bond motifs is 1. The third-order valence-corrected chi connectivity index (χ3v) is 6.94. The van der Waals surface area contributed by atoms with Crippen molar-refractivity contribution in [3.63, 3.8) is 0 Å². The Labute approximate surface area is 183 Å². The normalized spacial score (nSPS) is 32.8. The quantitative estimate of drug-likeness (QED) is 0.664. The summed E-state index contributed by atoms with van der Waals surface area (Å²) < 4.78 is 34.7. The van der Waals surface area contributed by atoms with Gasteiger partial charge in [0.15, 0.2) is 0 Å². The van der Waals surface area contributed by atoms with Crippen LogP contribution in [0.5, 0.6) is 0 Å². The van der Waals surface area contributed by atoms with Gasteiger partial charge in [-0.3, -0.25) is 19.5 Å². The summed E-state index contributed by atoms with van der Waals surface area (Å²) in [6, 6.07) is 3.83. The van der Waals surface area contributed by atoms with Crippen molar-refractivity contribution >= 4 is 33.9 Å². The van der Waals surface area contributed by atoms with Gasteiger partial charge in [-0.05, 0) is 47.5 Å². The van der Waals surface area contributed by atoms with Crippen LogP contribution in [-0.4, -0.2) is 52.4 Å². The first-order valence-electron chi connectivity index (χ1n) is 9.88. The molecule has 4 rings (SSSR count). The van der Waals surface area contributed by atoms with E-state index in [2.05, 4.69) is 27.5 Å². The van der Waals surface area contributed by atoms with Crippen LogP contribution in [0.3, 0.4) is 0 Å². The third-order valence-electron chi connectivity index (χ3n) is 6.47. The van der Waals surface area contributed by atoms with Crippen molar-refractivity contribution < 1.29 is 23.1 Å². The summed E-state index contributed by atoms with van der Waals surface area (Å²) in [5, 5.41) is 0. The Morgan fingerprint density at radius 2 is 2.07 bits per heavy atom. The van der Waals surface area contributed by atoms with Crippen molar-refractivity contribution in [1.82, 2.24) is 9.88 Å². The lowest BCUT2D eigenvalue weighted by Gasteiger charge is -2.54. The highest BCUT2D eigenvalue weighted by Crippen LogP contribution is 2.55. The van der Waals surface area contributed by atoms with Crippen LogP contribution in [0.4, 0.5) is 8.78 Å². The summed E-state index contributed by atoms with van der Waals surface area (Å²) in [6.07, 6.45) is 2.81. The molecule has 3 aliphatic rings. The molecule has 6 nitrogen and oxygen atoms in total. The number of nitrogens with zero attached hydrogens (tertiary/aromatic N) is 2. The van der Waals surface area contributed by atoms with Crippen LogP contribution in [0.15, 0.2) is 29.4 Å². The first-order chi connectivity index (χ1) is 14.0. The van der Waals surface area contributed by atoms with Gasteiger partial charge >= 0.3 is 5.97 Å². The highest BCUT2D eigenvalue weighted by atomic mass is 79.9. The van der Waals surface area contributed by atoms with Crippen molar-refractivity contribution in [2.24, 2.45) is 23.5 Å². The maximum atomic E-state index is 14.2. The Bertz CT molecular complexity index is 829. The molecule has 0 spiro atoms. The van der Waals surface area contributed by atoms with E-state index < -0.39 is 35.7 Å². The van der Waals surface area contributed by atoms with Gasteiger partial charge in [-0.1, -0.05) is 13.5 Å². The molecule has 30 heavy (non-hydrogen) atoms. The lowest BCUT2D eigenvalue weighted by molar-refractivity contribution is -0.182. The number of cyclic esters (lactones) is 1. The Kier molecular flexibility index (Phi) is 6.34. The van der Waals surface area contributed by atoms with Gasteiger partial charge < -0.3 is 10.5 Å². The molecular formula is C21H26BrF2N3O3. The number of hydrogen-bond donors (Lipinski definition) is 1. The van der Waals surface area contributed by atoms with Crippen molar-refractivity contribution in [1.29, 1.82) is 0 Å². The average molecular weight is 486 g/mol. The molecule has 4 unspecified atom stereocenters. The van der Waals surface area contributed by atoms with Gasteiger partial charge in [0.2, 0.25) is 5.91 Å². The van der Waals surface area contributed by atoms with Gasteiger partial charge in [0.05, 0.1) is 11.6 Å². The van der Waals surface area contributed by atoms with E-state index >= 15 is 0 Å². The molecule has 0 bridgehead atoms. The van der Waals surface area contributed by atoms with E-state index in [-0.39, 0.29) is 37.5 Å². The summed E-state index contributed by atoms with van der Waals surface area (Å²) in [4.78, 5) is 29.2. The smallest absolute Gasteiger partial charge is 0.327 e. The largest absolute Gasteiger partial charge is 0.461 e. The minimum atomic E-state index is -2.91. The molecule has 164 valence electrons. The van der Waals surface area contributed by atoms with Gasteiger partial charge in [-0.2, -0.15) is 0 Å². The number of esters is 1. The number of amides is 1. The number of rotatable bonds is 3. The number of alkyl halides is 2. The van der Waals surface area contributed by atoms with Crippen LogP contribution in [0.25, 0.3) is 6.08 Å². The van der Waals surface area contributed by atoms with E-state index in [4.69, 9.17) is 10.5 Å².